The van der Waals surface area contributed by atoms with E-state index >= 15 is 0 Å². The molecule has 3 rings (SSSR count). The van der Waals surface area contributed by atoms with Gasteiger partial charge in [-0.3, -0.25) is 4.79 Å². The van der Waals surface area contributed by atoms with Crippen LogP contribution in [0.4, 0.5) is 10.1 Å². The molecule has 0 fully saturated rings. The molecule has 1 heterocycles. The van der Waals surface area contributed by atoms with E-state index in [1.165, 1.54) is 42.1 Å². The normalized spacial score (nSPS) is 11.2. The van der Waals surface area contributed by atoms with Gasteiger partial charge in [-0.2, -0.15) is 4.68 Å². The Bertz CT molecular complexity index is 1130. The van der Waals surface area contributed by atoms with Gasteiger partial charge in [0.25, 0.3) is 0 Å². The predicted molar refractivity (Wildman–Crippen MR) is 115 cm³/mol. The zero-order chi connectivity index (χ0) is 22.5. The number of carbonyl (C=O) groups excluding carboxylic acids is 1. The van der Waals surface area contributed by atoms with E-state index in [2.05, 4.69) is 20.8 Å². The van der Waals surface area contributed by atoms with Crippen molar-refractivity contribution in [3.8, 4) is 17.2 Å². The lowest BCUT2D eigenvalue weighted by molar-refractivity contribution is -0.111. The number of halogens is 2. The second-order valence-corrected chi connectivity index (χ2v) is 7.23. The van der Waals surface area contributed by atoms with Crippen LogP contribution in [-0.2, 0) is 4.79 Å². The van der Waals surface area contributed by atoms with E-state index in [0.717, 1.165) is 0 Å². The van der Waals surface area contributed by atoms with Gasteiger partial charge in [-0.1, -0.05) is 11.6 Å². The predicted octanol–water partition coefficient (Wildman–Crippen LogP) is 4.21. The summed E-state index contributed by atoms with van der Waals surface area (Å²) in [7, 11) is 1.50. The van der Waals surface area contributed by atoms with Gasteiger partial charge in [0.2, 0.25) is 5.91 Å². The van der Waals surface area contributed by atoms with Gasteiger partial charge in [0.05, 0.1) is 29.6 Å². The molecule has 0 unspecified atom stereocenters. The number of hydrogen-bond acceptors (Lipinski definition) is 6. The number of benzene rings is 2. The van der Waals surface area contributed by atoms with E-state index in [4.69, 9.17) is 21.1 Å². The molecule has 0 saturated carbocycles. The van der Waals surface area contributed by atoms with Gasteiger partial charge in [0.15, 0.2) is 17.3 Å². The lowest BCUT2D eigenvalue weighted by Gasteiger charge is -2.15. The van der Waals surface area contributed by atoms with Crippen LogP contribution in [0.25, 0.3) is 11.8 Å². The second-order valence-electron chi connectivity index (χ2n) is 6.83. The zero-order valence-electron chi connectivity index (χ0n) is 17.4. The Hall–Kier alpha value is -3.46. The Morgan fingerprint density at radius 3 is 2.71 bits per heavy atom. The summed E-state index contributed by atoms with van der Waals surface area (Å²) in [5.41, 5.74) is 1.13. The molecule has 31 heavy (non-hydrogen) atoms. The van der Waals surface area contributed by atoms with Crippen molar-refractivity contribution in [2.45, 2.75) is 26.9 Å². The summed E-state index contributed by atoms with van der Waals surface area (Å²) in [6, 6.07) is 7.53. The van der Waals surface area contributed by atoms with Crippen LogP contribution in [-0.4, -0.2) is 39.3 Å². The van der Waals surface area contributed by atoms with E-state index in [9.17, 15) is 9.18 Å². The minimum Gasteiger partial charge on any atom is -0.493 e. The summed E-state index contributed by atoms with van der Waals surface area (Å²) in [6.45, 7) is 5.47. The van der Waals surface area contributed by atoms with Gasteiger partial charge in [0.1, 0.15) is 5.82 Å². The number of aromatic nitrogens is 4. The van der Waals surface area contributed by atoms with Crippen molar-refractivity contribution >= 4 is 29.3 Å². The number of carbonyl (C=O) groups is 1. The standard InChI is InChI=1S/C21H21ClFN5O3/c1-12(2)31-21-16(22)9-14(10-19(21)30-4)5-8-20(29)24-18-11-15(6-7-17(18)23)28-13(3)25-26-27-28/h5-12H,1-4H3,(H,24,29)/b8-5+. The highest BCUT2D eigenvalue weighted by Crippen LogP contribution is 2.37. The zero-order valence-corrected chi connectivity index (χ0v) is 18.1. The Labute approximate surface area is 183 Å². The molecule has 0 spiro atoms. The fourth-order valence-electron chi connectivity index (χ4n) is 2.74. The minimum absolute atomic E-state index is 0.00153. The van der Waals surface area contributed by atoms with Gasteiger partial charge < -0.3 is 14.8 Å². The Balaban J connectivity index is 1.78. The van der Waals surface area contributed by atoms with Crippen LogP contribution in [0.15, 0.2) is 36.4 Å². The Morgan fingerprint density at radius 2 is 2.06 bits per heavy atom. The van der Waals surface area contributed by atoms with Crippen LogP contribution in [0.3, 0.4) is 0 Å². The van der Waals surface area contributed by atoms with E-state index in [-0.39, 0.29) is 11.8 Å². The number of anilines is 1. The molecule has 10 heteroatoms. The number of rotatable bonds is 7. The molecule has 8 nitrogen and oxygen atoms in total. The number of amides is 1. The van der Waals surface area contributed by atoms with Crippen LogP contribution in [0.2, 0.25) is 5.02 Å². The van der Waals surface area contributed by atoms with Crippen LogP contribution >= 0.6 is 11.6 Å². The molecule has 0 aliphatic heterocycles. The minimum atomic E-state index is -0.587. The molecule has 1 N–H and O–H groups in total. The molecule has 2 aromatic carbocycles. The third-order valence-corrected chi connectivity index (χ3v) is 4.39. The van der Waals surface area contributed by atoms with Crippen molar-refractivity contribution in [3.63, 3.8) is 0 Å². The number of nitrogens with zero attached hydrogens (tertiary/aromatic N) is 4. The number of tetrazole rings is 1. The van der Waals surface area contributed by atoms with Crippen LogP contribution in [0.1, 0.15) is 25.2 Å². The number of ether oxygens (including phenoxy) is 2. The van der Waals surface area contributed by atoms with Crippen LogP contribution < -0.4 is 14.8 Å². The van der Waals surface area contributed by atoms with E-state index in [0.29, 0.717) is 33.6 Å². The first-order valence-electron chi connectivity index (χ1n) is 9.36. The largest absolute Gasteiger partial charge is 0.493 e. The van der Waals surface area contributed by atoms with Crippen molar-refractivity contribution in [1.29, 1.82) is 0 Å². The quantitative estimate of drug-likeness (QED) is 0.548. The lowest BCUT2D eigenvalue weighted by atomic mass is 10.1. The summed E-state index contributed by atoms with van der Waals surface area (Å²) in [5.74, 6) is 0.284. The van der Waals surface area contributed by atoms with Gasteiger partial charge >= 0.3 is 0 Å². The average Bonchev–Trinajstić information content (AvgIpc) is 3.15. The second kappa shape index (κ2) is 9.57. The Morgan fingerprint density at radius 1 is 1.29 bits per heavy atom. The monoisotopic (exact) mass is 445 g/mol. The van der Waals surface area contributed by atoms with Crippen molar-refractivity contribution in [1.82, 2.24) is 20.2 Å². The average molecular weight is 446 g/mol. The highest BCUT2D eigenvalue weighted by Gasteiger charge is 2.13. The smallest absolute Gasteiger partial charge is 0.248 e. The van der Waals surface area contributed by atoms with E-state index in [1.54, 1.807) is 19.1 Å². The maximum absolute atomic E-state index is 14.2. The van der Waals surface area contributed by atoms with Crippen molar-refractivity contribution in [2.24, 2.45) is 0 Å². The molecule has 0 atom stereocenters. The first-order chi connectivity index (χ1) is 14.8. The van der Waals surface area contributed by atoms with Gasteiger partial charge in [-0.25, -0.2) is 4.39 Å². The molecule has 0 saturated heterocycles. The lowest BCUT2D eigenvalue weighted by Crippen LogP contribution is -2.10. The highest BCUT2D eigenvalue weighted by atomic mass is 35.5. The van der Waals surface area contributed by atoms with Gasteiger partial charge in [-0.05, 0) is 73.2 Å². The fraction of sp³-hybridized carbons (Fsp3) is 0.238. The molecule has 1 aromatic heterocycles. The summed E-state index contributed by atoms with van der Waals surface area (Å²) >= 11 is 6.29. The molecule has 3 aromatic rings. The maximum atomic E-state index is 14.2. The summed E-state index contributed by atoms with van der Waals surface area (Å²) in [5, 5.41) is 14.0. The molecule has 0 aliphatic carbocycles. The van der Waals surface area contributed by atoms with Crippen molar-refractivity contribution < 1.29 is 18.7 Å². The van der Waals surface area contributed by atoms with Crippen LogP contribution in [0, 0.1) is 12.7 Å². The molecule has 162 valence electrons. The Kier molecular flexibility index (Phi) is 6.86. The third kappa shape index (κ3) is 5.37. The third-order valence-electron chi connectivity index (χ3n) is 4.11. The first kappa shape index (κ1) is 22.2. The van der Waals surface area contributed by atoms with Gasteiger partial charge in [0, 0.05) is 6.08 Å². The summed E-state index contributed by atoms with van der Waals surface area (Å²) in [4.78, 5) is 12.4. The highest BCUT2D eigenvalue weighted by molar-refractivity contribution is 6.32. The van der Waals surface area contributed by atoms with E-state index < -0.39 is 11.7 Å². The molecule has 0 aliphatic rings. The number of nitrogens with one attached hydrogen (secondary N) is 1. The maximum Gasteiger partial charge on any atom is 0.248 e. The summed E-state index contributed by atoms with van der Waals surface area (Å²) in [6.07, 6.45) is 2.72. The van der Waals surface area contributed by atoms with Crippen molar-refractivity contribution in [2.75, 3.05) is 12.4 Å². The fourth-order valence-corrected chi connectivity index (χ4v) is 3.01. The van der Waals surface area contributed by atoms with E-state index in [1.807, 2.05) is 13.8 Å². The molecular weight excluding hydrogens is 425 g/mol. The number of aryl methyl sites for hydroxylation is 1. The molecule has 0 bridgehead atoms. The number of methoxy groups -OCH3 is 1. The molecular formula is C21H21ClFN5O3. The SMILES string of the molecule is COc1cc(/C=C/C(=O)Nc2cc(-n3nnnc3C)ccc2F)cc(Cl)c1OC(C)C. The first-order valence-corrected chi connectivity index (χ1v) is 9.74. The molecule has 1 amide bonds. The topological polar surface area (TPSA) is 91.2 Å². The number of hydrogen-bond donors (Lipinski definition) is 1. The van der Waals surface area contributed by atoms with Crippen molar-refractivity contribution in [3.05, 3.63) is 58.6 Å². The van der Waals surface area contributed by atoms with Crippen LogP contribution in [0.5, 0.6) is 11.5 Å². The van der Waals surface area contributed by atoms with Gasteiger partial charge in [-0.15, -0.1) is 5.10 Å². The summed E-state index contributed by atoms with van der Waals surface area (Å²) < 4.78 is 26.6. The molecule has 0 radical (unpaired) electrons.